The van der Waals surface area contributed by atoms with Crippen LogP contribution in [0.1, 0.15) is 53.3 Å². The number of rotatable bonds is 7. The lowest BCUT2D eigenvalue weighted by molar-refractivity contribution is -0.384. The van der Waals surface area contributed by atoms with Gasteiger partial charge in [0.15, 0.2) is 6.61 Å². The van der Waals surface area contributed by atoms with Gasteiger partial charge in [-0.1, -0.05) is 30.7 Å². The van der Waals surface area contributed by atoms with E-state index in [9.17, 15) is 24.5 Å². The average molecular weight is 474 g/mol. The van der Waals surface area contributed by atoms with Crippen LogP contribution in [-0.2, 0) is 9.53 Å². The third-order valence-corrected chi connectivity index (χ3v) is 5.86. The van der Waals surface area contributed by atoms with Crippen LogP contribution in [0.25, 0.3) is 0 Å². The predicted molar refractivity (Wildman–Crippen MR) is 122 cm³/mol. The van der Waals surface area contributed by atoms with Gasteiger partial charge in [-0.25, -0.2) is 4.79 Å². The molecule has 0 radical (unpaired) electrons. The number of non-ortho nitro benzene ring substituents is 1. The minimum Gasteiger partial charge on any atom is -0.452 e. The molecule has 1 atom stereocenters. The summed E-state index contributed by atoms with van der Waals surface area (Å²) in [5.74, 6) is -1.64. The minimum atomic E-state index is -0.751. The van der Waals surface area contributed by atoms with Crippen molar-refractivity contribution in [3.05, 3.63) is 68.7 Å². The lowest BCUT2D eigenvalue weighted by Gasteiger charge is -2.35. The summed E-state index contributed by atoms with van der Waals surface area (Å²) in [5, 5.41) is 13.3. The molecule has 2 aromatic carbocycles. The molecule has 2 amide bonds. The molecule has 0 aliphatic carbocycles. The molecule has 174 valence electrons. The van der Waals surface area contributed by atoms with E-state index >= 15 is 0 Å². The Hall–Kier alpha value is -3.46. The molecule has 1 unspecified atom stereocenters. The molecule has 3 rings (SSSR count). The van der Waals surface area contributed by atoms with Crippen molar-refractivity contribution in [1.29, 1.82) is 0 Å². The van der Waals surface area contributed by atoms with E-state index in [0.717, 1.165) is 37.8 Å². The first-order valence-corrected chi connectivity index (χ1v) is 11.0. The van der Waals surface area contributed by atoms with Crippen LogP contribution >= 0.6 is 11.6 Å². The molecule has 0 saturated carbocycles. The van der Waals surface area contributed by atoms with Gasteiger partial charge in [-0.15, -0.1) is 0 Å². The van der Waals surface area contributed by atoms with E-state index in [1.807, 2.05) is 6.92 Å². The number of hydrogen-bond donors (Lipinski definition) is 1. The van der Waals surface area contributed by atoms with Gasteiger partial charge in [0.1, 0.15) is 0 Å². The Labute approximate surface area is 195 Å². The van der Waals surface area contributed by atoms with Crippen LogP contribution in [0.4, 0.5) is 11.4 Å². The molecule has 0 aromatic heterocycles. The highest BCUT2D eigenvalue weighted by atomic mass is 35.5. The summed E-state index contributed by atoms with van der Waals surface area (Å²) in [6, 6.07) is 9.83. The number of amides is 2. The molecule has 10 heteroatoms. The minimum absolute atomic E-state index is 0.0105. The summed E-state index contributed by atoms with van der Waals surface area (Å²) in [6.07, 6.45) is 3.79. The second kappa shape index (κ2) is 10.9. The van der Waals surface area contributed by atoms with Crippen LogP contribution in [0.5, 0.6) is 0 Å². The predicted octanol–water partition coefficient (Wildman–Crippen LogP) is 4.45. The number of carbonyl (C=O) groups excluding carboxylic acids is 3. The standard InChI is InChI=1S/C23H24ClN3O6/c1-2-15-7-5-6-12-26(15)21(28)14-33-23(30)18-8-3-4-9-20(18)25-22(29)17-11-10-16(27(31)32)13-19(17)24/h3-4,8-11,13,15H,2,5-7,12,14H2,1H3,(H,25,29). The van der Waals surface area contributed by atoms with Crippen molar-refractivity contribution in [3.63, 3.8) is 0 Å². The van der Waals surface area contributed by atoms with Crippen LogP contribution in [0.3, 0.4) is 0 Å². The highest BCUT2D eigenvalue weighted by Crippen LogP contribution is 2.25. The van der Waals surface area contributed by atoms with Gasteiger partial charge in [0.05, 0.1) is 26.8 Å². The third-order valence-electron chi connectivity index (χ3n) is 5.55. The van der Waals surface area contributed by atoms with Crippen molar-refractivity contribution in [1.82, 2.24) is 4.90 Å². The van der Waals surface area contributed by atoms with E-state index in [1.54, 1.807) is 17.0 Å². The Morgan fingerprint density at radius 3 is 2.64 bits per heavy atom. The fourth-order valence-electron chi connectivity index (χ4n) is 3.80. The highest BCUT2D eigenvalue weighted by molar-refractivity contribution is 6.34. The van der Waals surface area contributed by atoms with E-state index in [0.29, 0.717) is 6.54 Å². The quantitative estimate of drug-likeness (QED) is 0.360. The van der Waals surface area contributed by atoms with Crippen LogP contribution in [0.2, 0.25) is 5.02 Å². The smallest absolute Gasteiger partial charge is 0.340 e. The molecule has 1 N–H and O–H groups in total. The molecule has 1 aliphatic rings. The SMILES string of the molecule is CCC1CCCCN1C(=O)COC(=O)c1ccccc1NC(=O)c1ccc([N+](=O)[O-])cc1Cl. The number of carbonyl (C=O) groups is 3. The summed E-state index contributed by atoms with van der Waals surface area (Å²) in [7, 11) is 0. The topological polar surface area (TPSA) is 119 Å². The molecule has 2 aromatic rings. The number of nitro groups is 1. The number of esters is 1. The van der Waals surface area contributed by atoms with Gasteiger partial charge in [-0.2, -0.15) is 0 Å². The van der Waals surface area contributed by atoms with Crippen LogP contribution < -0.4 is 5.32 Å². The largest absolute Gasteiger partial charge is 0.452 e. The summed E-state index contributed by atoms with van der Waals surface area (Å²) in [6.45, 7) is 2.29. The van der Waals surface area contributed by atoms with Crippen LogP contribution in [0, 0.1) is 10.1 Å². The number of hydrogen-bond acceptors (Lipinski definition) is 6. The highest BCUT2D eigenvalue weighted by Gasteiger charge is 2.26. The number of nitrogens with zero attached hydrogens (tertiary/aromatic N) is 2. The number of nitro benzene ring substituents is 1. The lowest BCUT2D eigenvalue weighted by atomic mass is 10.00. The maximum atomic E-state index is 12.7. The molecule has 1 saturated heterocycles. The van der Waals surface area contributed by atoms with Gasteiger partial charge in [0.25, 0.3) is 17.5 Å². The molecule has 0 bridgehead atoms. The Morgan fingerprint density at radius 2 is 1.94 bits per heavy atom. The average Bonchev–Trinajstić information content (AvgIpc) is 2.82. The zero-order valence-electron chi connectivity index (χ0n) is 18.1. The molecule has 1 aliphatic heterocycles. The molecule has 1 heterocycles. The summed E-state index contributed by atoms with van der Waals surface area (Å²) in [5.41, 5.74) is 0.00155. The summed E-state index contributed by atoms with van der Waals surface area (Å²) in [4.78, 5) is 49.9. The van der Waals surface area contributed by atoms with E-state index in [-0.39, 0.29) is 46.1 Å². The number of likely N-dealkylation sites (tertiary alicyclic amines) is 1. The Balaban J connectivity index is 1.68. The lowest BCUT2D eigenvalue weighted by Crippen LogP contribution is -2.45. The molecule has 1 fully saturated rings. The molecule has 9 nitrogen and oxygen atoms in total. The van der Waals surface area contributed by atoms with Crippen molar-refractivity contribution in [2.75, 3.05) is 18.5 Å². The second-order valence-corrected chi connectivity index (χ2v) is 8.05. The van der Waals surface area contributed by atoms with E-state index in [2.05, 4.69) is 5.32 Å². The van der Waals surface area contributed by atoms with E-state index < -0.39 is 16.8 Å². The van der Waals surface area contributed by atoms with Crippen LogP contribution in [0.15, 0.2) is 42.5 Å². The number of para-hydroxylation sites is 1. The van der Waals surface area contributed by atoms with Gasteiger partial charge in [-0.05, 0) is 43.9 Å². The fourth-order valence-corrected chi connectivity index (χ4v) is 4.06. The van der Waals surface area contributed by atoms with Gasteiger partial charge < -0.3 is 15.0 Å². The summed E-state index contributed by atoms with van der Waals surface area (Å²) >= 11 is 6.02. The zero-order chi connectivity index (χ0) is 24.0. The number of anilines is 1. The zero-order valence-corrected chi connectivity index (χ0v) is 18.8. The van der Waals surface area contributed by atoms with Gasteiger partial charge in [0.2, 0.25) is 0 Å². The summed E-state index contributed by atoms with van der Waals surface area (Å²) < 4.78 is 5.25. The number of halogens is 1. The van der Waals surface area contributed by atoms with Gasteiger partial charge in [0, 0.05) is 24.7 Å². The first kappa shape index (κ1) is 24.2. The fraction of sp³-hybridized carbons (Fsp3) is 0.348. The molecular formula is C23H24ClN3O6. The van der Waals surface area contributed by atoms with Crippen molar-refractivity contribution in [2.24, 2.45) is 0 Å². The normalized spacial score (nSPS) is 15.6. The van der Waals surface area contributed by atoms with Crippen molar-refractivity contribution >= 4 is 40.8 Å². The Morgan fingerprint density at radius 1 is 1.18 bits per heavy atom. The van der Waals surface area contributed by atoms with E-state index in [4.69, 9.17) is 16.3 Å². The van der Waals surface area contributed by atoms with Crippen molar-refractivity contribution < 1.29 is 24.0 Å². The molecule has 33 heavy (non-hydrogen) atoms. The van der Waals surface area contributed by atoms with E-state index in [1.165, 1.54) is 18.2 Å². The first-order chi connectivity index (χ1) is 15.8. The number of piperidine rings is 1. The van der Waals surface area contributed by atoms with Crippen molar-refractivity contribution in [3.8, 4) is 0 Å². The Kier molecular flexibility index (Phi) is 8.00. The van der Waals surface area contributed by atoms with Crippen LogP contribution in [-0.4, -0.2) is 46.8 Å². The van der Waals surface area contributed by atoms with Crippen molar-refractivity contribution in [2.45, 2.75) is 38.6 Å². The maximum Gasteiger partial charge on any atom is 0.340 e. The second-order valence-electron chi connectivity index (χ2n) is 7.64. The number of ether oxygens (including phenoxy) is 1. The number of benzene rings is 2. The first-order valence-electron chi connectivity index (χ1n) is 10.6. The maximum absolute atomic E-state index is 12.7. The van der Waals surface area contributed by atoms with Gasteiger partial charge >= 0.3 is 5.97 Å². The Bertz CT molecular complexity index is 1070. The molecule has 0 spiro atoms. The third kappa shape index (κ3) is 5.87. The number of nitrogens with one attached hydrogen (secondary N) is 1. The molecular weight excluding hydrogens is 450 g/mol. The van der Waals surface area contributed by atoms with Gasteiger partial charge in [-0.3, -0.25) is 19.7 Å². The monoisotopic (exact) mass is 473 g/mol.